The summed E-state index contributed by atoms with van der Waals surface area (Å²) in [6, 6.07) is 8.02. The molecule has 0 radical (unpaired) electrons. The first-order chi connectivity index (χ1) is 11.2. The quantitative estimate of drug-likeness (QED) is 0.922. The number of likely N-dealkylation sites (tertiary alicyclic amines) is 1. The number of nitrogens with one attached hydrogen (secondary N) is 1. The zero-order chi connectivity index (χ0) is 16.1. The highest BCUT2D eigenvalue weighted by molar-refractivity contribution is 5.73. The Hall–Kier alpha value is -2.30. The standard InChI is InChI=1S/C18H23N3O2/c1-14(22)21-9-6-15(7-10-21)8-11-23-18-5-3-2-4-16(18)17-12-19-13-20-17/h2-5,12-13,15H,6-11H2,1H3,(H,19,20). The predicted molar refractivity (Wildman–Crippen MR) is 89.1 cm³/mol. The van der Waals surface area contributed by atoms with Gasteiger partial charge >= 0.3 is 0 Å². The van der Waals surface area contributed by atoms with E-state index in [1.807, 2.05) is 29.2 Å². The largest absolute Gasteiger partial charge is 0.493 e. The minimum absolute atomic E-state index is 0.188. The lowest BCUT2D eigenvalue weighted by molar-refractivity contribution is -0.130. The fourth-order valence-corrected chi connectivity index (χ4v) is 3.09. The summed E-state index contributed by atoms with van der Waals surface area (Å²) in [7, 11) is 0. The summed E-state index contributed by atoms with van der Waals surface area (Å²) in [4.78, 5) is 20.5. The SMILES string of the molecule is CC(=O)N1CCC(CCOc2ccccc2-c2cnc[nH]2)CC1. The molecule has 0 atom stereocenters. The third kappa shape index (κ3) is 3.92. The molecule has 1 aromatic heterocycles. The third-order valence-corrected chi connectivity index (χ3v) is 4.52. The number of hydrogen-bond donors (Lipinski definition) is 1. The Morgan fingerprint density at radius 2 is 2.13 bits per heavy atom. The van der Waals surface area contributed by atoms with Crippen LogP contribution in [0, 0.1) is 5.92 Å². The van der Waals surface area contributed by atoms with Gasteiger partial charge in [-0.1, -0.05) is 12.1 Å². The second-order valence-corrected chi connectivity index (χ2v) is 6.05. The molecule has 0 aliphatic carbocycles. The zero-order valence-corrected chi connectivity index (χ0v) is 13.5. The zero-order valence-electron chi connectivity index (χ0n) is 13.5. The molecule has 0 unspecified atom stereocenters. The van der Waals surface area contributed by atoms with Crippen molar-refractivity contribution in [3.05, 3.63) is 36.8 Å². The Morgan fingerprint density at radius 3 is 2.83 bits per heavy atom. The Kier molecular flexibility index (Phi) is 4.95. The molecule has 1 aliphatic heterocycles. The predicted octanol–water partition coefficient (Wildman–Crippen LogP) is 3.10. The van der Waals surface area contributed by atoms with E-state index in [0.717, 1.165) is 49.4 Å². The van der Waals surface area contributed by atoms with Crippen LogP contribution in [-0.4, -0.2) is 40.5 Å². The fourth-order valence-electron chi connectivity index (χ4n) is 3.09. The van der Waals surface area contributed by atoms with Crippen molar-refractivity contribution in [3.8, 4) is 17.0 Å². The molecule has 1 aliphatic rings. The number of rotatable bonds is 5. The number of carbonyl (C=O) groups is 1. The Balaban J connectivity index is 1.51. The highest BCUT2D eigenvalue weighted by Gasteiger charge is 2.20. The number of nitrogens with zero attached hydrogens (tertiary/aromatic N) is 2. The summed E-state index contributed by atoms with van der Waals surface area (Å²) in [5, 5.41) is 0. The molecule has 5 nitrogen and oxygen atoms in total. The van der Waals surface area contributed by atoms with Gasteiger partial charge < -0.3 is 14.6 Å². The minimum Gasteiger partial charge on any atom is -0.493 e. The molecule has 2 heterocycles. The van der Waals surface area contributed by atoms with Gasteiger partial charge in [-0.2, -0.15) is 0 Å². The molecule has 1 fully saturated rings. The van der Waals surface area contributed by atoms with Gasteiger partial charge in [-0.25, -0.2) is 4.98 Å². The first-order valence-electron chi connectivity index (χ1n) is 8.20. The molecule has 1 aromatic carbocycles. The van der Waals surface area contributed by atoms with Crippen LogP contribution in [0.3, 0.4) is 0 Å². The summed E-state index contributed by atoms with van der Waals surface area (Å²) in [6.45, 7) is 4.11. The molecule has 0 spiro atoms. The van der Waals surface area contributed by atoms with Crippen molar-refractivity contribution in [2.45, 2.75) is 26.2 Å². The molecule has 3 rings (SSSR count). The Bertz CT molecular complexity index is 631. The van der Waals surface area contributed by atoms with Gasteiger partial charge in [0.2, 0.25) is 5.91 Å². The van der Waals surface area contributed by atoms with Crippen LogP contribution < -0.4 is 4.74 Å². The van der Waals surface area contributed by atoms with E-state index in [2.05, 4.69) is 9.97 Å². The molecule has 122 valence electrons. The van der Waals surface area contributed by atoms with Gasteiger partial charge in [-0.05, 0) is 37.3 Å². The summed E-state index contributed by atoms with van der Waals surface area (Å²) in [5.41, 5.74) is 2.01. The number of aromatic nitrogens is 2. The van der Waals surface area contributed by atoms with Crippen molar-refractivity contribution in [1.29, 1.82) is 0 Å². The molecule has 5 heteroatoms. The normalized spacial score (nSPS) is 15.6. The van der Waals surface area contributed by atoms with Gasteiger partial charge in [0.15, 0.2) is 0 Å². The molecule has 1 amide bonds. The van der Waals surface area contributed by atoms with Crippen LogP contribution in [0.5, 0.6) is 5.75 Å². The molecule has 2 aromatic rings. The number of hydrogen-bond acceptors (Lipinski definition) is 3. The Morgan fingerprint density at radius 1 is 1.35 bits per heavy atom. The van der Waals surface area contributed by atoms with E-state index in [4.69, 9.17) is 4.74 Å². The van der Waals surface area contributed by atoms with Gasteiger partial charge in [0.05, 0.1) is 24.8 Å². The number of amides is 1. The van der Waals surface area contributed by atoms with Crippen LogP contribution in [-0.2, 0) is 4.79 Å². The van der Waals surface area contributed by atoms with E-state index >= 15 is 0 Å². The van der Waals surface area contributed by atoms with Crippen molar-refractivity contribution in [2.75, 3.05) is 19.7 Å². The third-order valence-electron chi connectivity index (χ3n) is 4.52. The average molecular weight is 313 g/mol. The van der Waals surface area contributed by atoms with E-state index in [1.54, 1.807) is 19.4 Å². The van der Waals surface area contributed by atoms with Crippen molar-refractivity contribution in [3.63, 3.8) is 0 Å². The fraction of sp³-hybridized carbons (Fsp3) is 0.444. The van der Waals surface area contributed by atoms with E-state index in [9.17, 15) is 4.79 Å². The highest BCUT2D eigenvalue weighted by Crippen LogP contribution is 2.28. The number of piperidine rings is 1. The lowest BCUT2D eigenvalue weighted by Crippen LogP contribution is -2.37. The maximum atomic E-state index is 11.3. The monoisotopic (exact) mass is 313 g/mol. The van der Waals surface area contributed by atoms with Crippen molar-refractivity contribution in [2.24, 2.45) is 5.92 Å². The molecule has 1 saturated heterocycles. The van der Waals surface area contributed by atoms with Crippen LogP contribution in [0.15, 0.2) is 36.8 Å². The van der Waals surface area contributed by atoms with Crippen molar-refractivity contribution in [1.82, 2.24) is 14.9 Å². The molecule has 1 N–H and O–H groups in total. The number of imidazole rings is 1. The lowest BCUT2D eigenvalue weighted by atomic mass is 9.94. The average Bonchev–Trinajstić information content (AvgIpc) is 3.10. The maximum absolute atomic E-state index is 11.3. The Labute approximate surface area is 136 Å². The first kappa shape index (κ1) is 15.6. The van der Waals surface area contributed by atoms with Gasteiger partial charge in [0.25, 0.3) is 0 Å². The summed E-state index contributed by atoms with van der Waals surface area (Å²) >= 11 is 0. The van der Waals surface area contributed by atoms with Crippen LogP contribution in [0.1, 0.15) is 26.2 Å². The van der Waals surface area contributed by atoms with Gasteiger partial charge in [0.1, 0.15) is 5.75 Å². The van der Waals surface area contributed by atoms with E-state index in [0.29, 0.717) is 12.5 Å². The molecule has 0 bridgehead atoms. The number of ether oxygens (including phenoxy) is 1. The lowest BCUT2D eigenvalue weighted by Gasteiger charge is -2.31. The number of benzene rings is 1. The first-order valence-corrected chi connectivity index (χ1v) is 8.20. The van der Waals surface area contributed by atoms with Crippen LogP contribution in [0.4, 0.5) is 0 Å². The molecule has 0 saturated carbocycles. The smallest absolute Gasteiger partial charge is 0.219 e. The van der Waals surface area contributed by atoms with Crippen LogP contribution >= 0.6 is 0 Å². The van der Waals surface area contributed by atoms with Gasteiger partial charge in [-0.15, -0.1) is 0 Å². The minimum atomic E-state index is 0.188. The summed E-state index contributed by atoms with van der Waals surface area (Å²) in [5.74, 6) is 1.72. The number of para-hydroxylation sites is 1. The van der Waals surface area contributed by atoms with Gasteiger partial charge in [0, 0.05) is 25.6 Å². The number of H-pyrrole nitrogens is 1. The number of aromatic amines is 1. The van der Waals surface area contributed by atoms with E-state index < -0.39 is 0 Å². The maximum Gasteiger partial charge on any atom is 0.219 e. The molecular formula is C18H23N3O2. The molecular weight excluding hydrogens is 290 g/mol. The second-order valence-electron chi connectivity index (χ2n) is 6.05. The van der Waals surface area contributed by atoms with Crippen LogP contribution in [0.2, 0.25) is 0 Å². The van der Waals surface area contributed by atoms with Crippen molar-refractivity contribution < 1.29 is 9.53 Å². The number of carbonyl (C=O) groups excluding carboxylic acids is 1. The van der Waals surface area contributed by atoms with Crippen LogP contribution in [0.25, 0.3) is 11.3 Å². The van der Waals surface area contributed by atoms with Gasteiger partial charge in [-0.3, -0.25) is 4.79 Å². The second kappa shape index (κ2) is 7.31. The summed E-state index contributed by atoms with van der Waals surface area (Å²) in [6.07, 6.45) is 6.66. The topological polar surface area (TPSA) is 58.2 Å². The van der Waals surface area contributed by atoms with Crippen molar-refractivity contribution >= 4 is 5.91 Å². The highest BCUT2D eigenvalue weighted by atomic mass is 16.5. The van der Waals surface area contributed by atoms with E-state index in [-0.39, 0.29) is 5.91 Å². The van der Waals surface area contributed by atoms with E-state index in [1.165, 1.54) is 0 Å². The summed E-state index contributed by atoms with van der Waals surface area (Å²) < 4.78 is 6.01. The molecule has 23 heavy (non-hydrogen) atoms.